The fraction of sp³-hybridized carbons (Fsp3) is 1.00. The van der Waals surface area contributed by atoms with Gasteiger partial charge < -0.3 is 10.8 Å². The molecule has 0 aliphatic rings. The summed E-state index contributed by atoms with van der Waals surface area (Å²) in [5.74, 6) is 0.454. The van der Waals surface area contributed by atoms with Crippen LogP contribution in [0.25, 0.3) is 0 Å². The lowest BCUT2D eigenvalue weighted by Gasteiger charge is -2.08. The summed E-state index contributed by atoms with van der Waals surface area (Å²) in [7, 11) is 0. The molecule has 0 radical (unpaired) electrons. The molecule has 0 aromatic carbocycles. The molecule has 0 aromatic heterocycles. The van der Waals surface area contributed by atoms with Crippen molar-refractivity contribution < 1.29 is 5.11 Å². The molecule has 2 heteroatoms. The van der Waals surface area contributed by atoms with Gasteiger partial charge in [-0.2, -0.15) is 0 Å². The highest BCUT2D eigenvalue weighted by atomic mass is 16.3. The third-order valence-corrected chi connectivity index (χ3v) is 1.15. The van der Waals surface area contributed by atoms with Gasteiger partial charge >= 0.3 is 0 Å². The fourth-order valence-electron chi connectivity index (χ4n) is 0.679. The highest BCUT2D eigenvalue weighted by Gasteiger charge is 2.01. The first-order chi connectivity index (χ1) is 3.66. The van der Waals surface area contributed by atoms with Crippen molar-refractivity contribution in [3.63, 3.8) is 0 Å². The van der Waals surface area contributed by atoms with Gasteiger partial charge in [0.2, 0.25) is 0 Å². The zero-order chi connectivity index (χ0) is 6.57. The second-order valence-electron chi connectivity index (χ2n) is 2.43. The molecule has 0 unspecified atom stereocenters. The first kappa shape index (κ1) is 7.92. The van der Waals surface area contributed by atoms with Gasteiger partial charge in [-0.1, -0.05) is 6.92 Å². The van der Waals surface area contributed by atoms with Crippen LogP contribution in [0.4, 0.5) is 0 Å². The standard InChI is InChI=1S/C6H15NO/c1-5(4-7)3-6(2)8/h5-6,8H,3-4,7H2,1-2H3/t5-,6-/m0/s1. The van der Waals surface area contributed by atoms with Crippen LogP contribution in [-0.4, -0.2) is 17.8 Å². The molecule has 0 aliphatic carbocycles. The van der Waals surface area contributed by atoms with Crippen LogP contribution in [0.15, 0.2) is 0 Å². The van der Waals surface area contributed by atoms with Gasteiger partial charge in [-0.15, -0.1) is 0 Å². The Morgan fingerprint density at radius 2 is 2.00 bits per heavy atom. The first-order valence-corrected chi connectivity index (χ1v) is 3.05. The average Bonchev–Trinajstić information content (AvgIpc) is 1.65. The summed E-state index contributed by atoms with van der Waals surface area (Å²) in [5, 5.41) is 8.80. The van der Waals surface area contributed by atoms with Crippen molar-refractivity contribution in [2.75, 3.05) is 6.54 Å². The maximum Gasteiger partial charge on any atom is 0.0515 e. The largest absolute Gasteiger partial charge is 0.393 e. The predicted molar refractivity (Wildman–Crippen MR) is 34.5 cm³/mol. The van der Waals surface area contributed by atoms with Gasteiger partial charge in [0.1, 0.15) is 0 Å². The Hall–Kier alpha value is -0.0800. The van der Waals surface area contributed by atoms with Crippen LogP contribution >= 0.6 is 0 Å². The molecule has 2 atom stereocenters. The third-order valence-electron chi connectivity index (χ3n) is 1.15. The molecule has 0 bridgehead atoms. The molecule has 0 rings (SSSR count). The maximum absolute atomic E-state index is 8.80. The Balaban J connectivity index is 3.10. The van der Waals surface area contributed by atoms with Crippen LogP contribution in [0, 0.1) is 5.92 Å². The molecule has 0 fully saturated rings. The Morgan fingerprint density at radius 3 is 2.12 bits per heavy atom. The second-order valence-corrected chi connectivity index (χ2v) is 2.43. The van der Waals surface area contributed by atoms with Gasteiger partial charge in [0.25, 0.3) is 0 Å². The van der Waals surface area contributed by atoms with Gasteiger partial charge in [-0.25, -0.2) is 0 Å². The van der Waals surface area contributed by atoms with E-state index in [-0.39, 0.29) is 6.10 Å². The molecule has 0 amide bonds. The molecule has 2 nitrogen and oxygen atoms in total. The van der Waals surface area contributed by atoms with Crippen molar-refractivity contribution in [2.45, 2.75) is 26.4 Å². The lowest BCUT2D eigenvalue weighted by atomic mass is 10.1. The van der Waals surface area contributed by atoms with Gasteiger partial charge in [0.05, 0.1) is 6.10 Å². The van der Waals surface area contributed by atoms with E-state index in [1.807, 2.05) is 6.92 Å². The van der Waals surface area contributed by atoms with Gasteiger partial charge in [0, 0.05) is 0 Å². The molecule has 0 aliphatic heterocycles. The number of hydrogen-bond acceptors (Lipinski definition) is 2. The third kappa shape index (κ3) is 4.09. The molecule has 50 valence electrons. The number of nitrogens with two attached hydrogens (primary N) is 1. The highest BCUT2D eigenvalue weighted by Crippen LogP contribution is 2.01. The molecule has 8 heavy (non-hydrogen) atoms. The summed E-state index contributed by atoms with van der Waals surface area (Å²) in [6.07, 6.45) is 0.616. The minimum atomic E-state index is -0.200. The van der Waals surface area contributed by atoms with Crippen LogP contribution in [0.5, 0.6) is 0 Å². The lowest BCUT2D eigenvalue weighted by molar-refractivity contribution is 0.165. The van der Waals surface area contributed by atoms with E-state index < -0.39 is 0 Å². The fourth-order valence-corrected chi connectivity index (χ4v) is 0.679. The van der Waals surface area contributed by atoms with E-state index in [9.17, 15) is 0 Å². The van der Waals surface area contributed by atoms with Crippen LogP contribution in [0.2, 0.25) is 0 Å². The predicted octanol–water partition coefficient (Wildman–Crippen LogP) is 0.352. The Bertz CT molecular complexity index is 54.5. The minimum absolute atomic E-state index is 0.200. The summed E-state index contributed by atoms with van der Waals surface area (Å²) < 4.78 is 0. The molecule has 3 N–H and O–H groups in total. The van der Waals surface area contributed by atoms with Crippen molar-refractivity contribution in [3.8, 4) is 0 Å². The topological polar surface area (TPSA) is 46.2 Å². The Morgan fingerprint density at radius 1 is 1.50 bits per heavy atom. The van der Waals surface area contributed by atoms with Gasteiger partial charge in [-0.05, 0) is 25.8 Å². The zero-order valence-corrected chi connectivity index (χ0v) is 5.59. The second kappa shape index (κ2) is 3.87. The zero-order valence-electron chi connectivity index (χ0n) is 5.59. The molecular formula is C6H15NO. The monoisotopic (exact) mass is 117 g/mol. The van der Waals surface area contributed by atoms with Gasteiger partial charge in [-0.3, -0.25) is 0 Å². The van der Waals surface area contributed by atoms with Crippen molar-refractivity contribution in [1.29, 1.82) is 0 Å². The molecule has 0 saturated heterocycles. The summed E-state index contributed by atoms with van der Waals surface area (Å²) in [6, 6.07) is 0. The SMILES string of the molecule is C[C@H](CN)C[C@H](C)O. The molecule has 0 heterocycles. The van der Waals surface area contributed by atoms with Crippen LogP contribution in [-0.2, 0) is 0 Å². The number of aliphatic hydroxyl groups excluding tert-OH is 1. The molecule has 0 spiro atoms. The molecule has 0 saturated carbocycles. The minimum Gasteiger partial charge on any atom is -0.393 e. The van der Waals surface area contributed by atoms with E-state index in [0.29, 0.717) is 12.5 Å². The number of hydrogen-bond donors (Lipinski definition) is 2. The van der Waals surface area contributed by atoms with E-state index in [1.165, 1.54) is 0 Å². The van der Waals surface area contributed by atoms with E-state index in [2.05, 4.69) is 0 Å². The maximum atomic E-state index is 8.80. The Labute approximate surface area is 50.7 Å². The lowest BCUT2D eigenvalue weighted by Crippen LogP contribution is -2.15. The van der Waals surface area contributed by atoms with Crippen molar-refractivity contribution in [2.24, 2.45) is 11.7 Å². The quantitative estimate of drug-likeness (QED) is 0.560. The summed E-state index contributed by atoms with van der Waals surface area (Å²) >= 11 is 0. The van der Waals surface area contributed by atoms with E-state index >= 15 is 0 Å². The average molecular weight is 117 g/mol. The van der Waals surface area contributed by atoms with Crippen molar-refractivity contribution in [1.82, 2.24) is 0 Å². The first-order valence-electron chi connectivity index (χ1n) is 3.05. The van der Waals surface area contributed by atoms with Crippen LogP contribution < -0.4 is 5.73 Å². The summed E-state index contributed by atoms with van der Waals surface area (Å²) in [5.41, 5.74) is 5.31. The smallest absolute Gasteiger partial charge is 0.0515 e. The van der Waals surface area contributed by atoms with Crippen molar-refractivity contribution >= 4 is 0 Å². The summed E-state index contributed by atoms with van der Waals surface area (Å²) in [6.45, 7) is 4.49. The molecule has 0 aromatic rings. The van der Waals surface area contributed by atoms with E-state index in [4.69, 9.17) is 10.8 Å². The van der Waals surface area contributed by atoms with E-state index in [1.54, 1.807) is 6.92 Å². The number of aliphatic hydroxyl groups is 1. The van der Waals surface area contributed by atoms with Crippen LogP contribution in [0.1, 0.15) is 20.3 Å². The normalized spacial score (nSPS) is 18.0. The number of rotatable bonds is 3. The van der Waals surface area contributed by atoms with Crippen LogP contribution in [0.3, 0.4) is 0 Å². The van der Waals surface area contributed by atoms with E-state index in [0.717, 1.165) is 6.42 Å². The Kier molecular flexibility index (Phi) is 3.83. The summed E-state index contributed by atoms with van der Waals surface area (Å²) in [4.78, 5) is 0. The van der Waals surface area contributed by atoms with Crippen molar-refractivity contribution in [3.05, 3.63) is 0 Å². The van der Waals surface area contributed by atoms with Gasteiger partial charge in [0.15, 0.2) is 0 Å². The molecular weight excluding hydrogens is 102 g/mol. The highest BCUT2D eigenvalue weighted by molar-refractivity contribution is 4.56.